The van der Waals surface area contributed by atoms with Gasteiger partial charge in [0.15, 0.2) is 0 Å². The van der Waals surface area contributed by atoms with Crippen molar-refractivity contribution in [3.8, 4) is 11.4 Å². The Morgan fingerprint density at radius 1 is 1.09 bits per heavy atom. The highest BCUT2D eigenvalue weighted by atomic mass is 16.5. The summed E-state index contributed by atoms with van der Waals surface area (Å²) in [4.78, 5) is 33.0. The van der Waals surface area contributed by atoms with Gasteiger partial charge in [0, 0.05) is 63.6 Å². The lowest BCUT2D eigenvalue weighted by Gasteiger charge is -2.39. The summed E-state index contributed by atoms with van der Waals surface area (Å²) in [6, 6.07) is 8.15. The fourth-order valence-corrected chi connectivity index (χ4v) is 4.92. The van der Waals surface area contributed by atoms with Crippen molar-refractivity contribution in [3.63, 3.8) is 0 Å². The Bertz CT molecular complexity index is 1090. The van der Waals surface area contributed by atoms with Crippen LogP contribution in [-0.4, -0.2) is 81.6 Å². The lowest BCUT2D eigenvalue weighted by atomic mass is 9.96. The first-order valence-corrected chi connectivity index (χ1v) is 12.6. The van der Waals surface area contributed by atoms with Gasteiger partial charge in [-0.05, 0) is 32.7 Å². The predicted molar refractivity (Wildman–Crippen MR) is 133 cm³/mol. The Hall–Kier alpha value is -3.33. The molecule has 2 aliphatic rings. The van der Waals surface area contributed by atoms with Crippen LogP contribution < -0.4 is 4.90 Å². The van der Waals surface area contributed by atoms with Gasteiger partial charge in [0.05, 0.1) is 12.1 Å². The Labute approximate surface area is 206 Å². The number of aryl methyl sites for hydroxylation is 2. The number of piperazine rings is 1. The van der Waals surface area contributed by atoms with E-state index in [2.05, 4.69) is 49.0 Å². The Balaban J connectivity index is 1.05. The van der Waals surface area contributed by atoms with Crippen molar-refractivity contribution in [2.45, 2.75) is 32.6 Å². The number of hydrogen-bond donors (Lipinski definition) is 0. The monoisotopic (exact) mass is 475 g/mol. The van der Waals surface area contributed by atoms with Crippen molar-refractivity contribution in [2.24, 2.45) is 5.92 Å². The third-order valence-corrected chi connectivity index (χ3v) is 6.97. The molecular formula is C26H33N7O2. The molecule has 3 aromatic rings. The lowest BCUT2D eigenvalue weighted by Crippen LogP contribution is -2.52. The number of aromatic nitrogens is 4. The molecule has 2 aliphatic heterocycles. The van der Waals surface area contributed by atoms with Gasteiger partial charge in [-0.25, -0.2) is 4.98 Å². The number of anilines is 1. The van der Waals surface area contributed by atoms with Gasteiger partial charge in [0.1, 0.15) is 5.82 Å². The summed E-state index contributed by atoms with van der Waals surface area (Å²) in [7, 11) is 0. The van der Waals surface area contributed by atoms with E-state index in [1.807, 2.05) is 17.0 Å². The molecule has 9 heteroatoms. The number of benzene rings is 1. The minimum absolute atomic E-state index is 0.0394. The van der Waals surface area contributed by atoms with Gasteiger partial charge in [0.2, 0.25) is 17.6 Å². The molecule has 2 fully saturated rings. The molecule has 1 atom stereocenters. The average Bonchev–Trinajstić information content (AvgIpc) is 3.38. The Morgan fingerprint density at radius 2 is 1.91 bits per heavy atom. The molecule has 0 aliphatic carbocycles. The summed E-state index contributed by atoms with van der Waals surface area (Å²) in [5.41, 5.74) is 2.19. The van der Waals surface area contributed by atoms with Crippen LogP contribution in [0.4, 0.5) is 5.82 Å². The molecule has 184 valence electrons. The maximum Gasteiger partial charge on any atom is 0.227 e. The number of carbonyl (C=O) groups is 1. The highest BCUT2D eigenvalue weighted by Gasteiger charge is 2.31. The zero-order chi connectivity index (χ0) is 24.0. The summed E-state index contributed by atoms with van der Waals surface area (Å²) < 4.78 is 5.45. The zero-order valence-electron chi connectivity index (χ0n) is 20.3. The molecule has 9 nitrogen and oxygen atoms in total. The van der Waals surface area contributed by atoms with Crippen LogP contribution in [0.5, 0.6) is 0 Å². The third kappa shape index (κ3) is 5.85. The molecule has 35 heavy (non-hydrogen) atoms. The van der Waals surface area contributed by atoms with E-state index in [1.54, 1.807) is 18.6 Å². The Morgan fingerprint density at radius 3 is 2.69 bits per heavy atom. The van der Waals surface area contributed by atoms with Crippen molar-refractivity contribution in [2.75, 3.05) is 50.7 Å². The number of rotatable bonds is 7. The van der Waals surface area contributed by atoms with Gasteiger partial charge in [-0.3, -0.25) is 14.7 Å². The first-order valence-electron chi connectivity index (χ1n) is 12.6. The molecule has 4 heterocycles. The van der Waals surface area contributed by atoms with Gasteiger partial charge >= 0.3 is 0 Å². The van der Waals surface area contributed by atoms with Crippen molar-refractivity contribution >= 4 is 11.7 Å². The van der Waals surface area contributed by atoms with Crippen LogP contribution in [0, 0.1) is 12.8 Å². The van der Waals surface area contributed by atoms with Crippen molar-refractivity contribution in [1.82, 2.24) is 29.9 Å². The molecule has 2 saturated heterocycles. The average molecular weight is 476 g/mol. The third-order valence-electron chi connectivity index (χ3n) is 6.97. The van der Waals surface area contributed by atoms with E-state index >= 15 is 0 Å². The van der Waals surface area contributed by atoms with E-state index in [1.165, 1.54) is 5.56 Å². The molecule has 2 aromatic heterocycles. The minimum Gasteiger partial charge on any atom is -0.355 e. The van der Waals surface area contributed by atoms with Crippen LogP contribution in [-0.2, 0) is 11.2 Å². The molecule has 0 saturated carbocycles. The fraction of sp³-hybridized carbons (Fsp3) is 0.500. The van der Waals surface area contributed by atoms with Crippen LogP contribution >= 0.6 is 0 Å². The molecule has 0 N–H and O–H groups in total. The van der Waals surface area contributed by atoms with Gasteiger partial charge in [0.25, 0.3) is 0 Å². The summed E-state index contributed by atoms with van der Waals surface area (Å²) >= 11 is 0. The zero-order valence-corrected chi connectivity index (χ0v) is 20.3. The fourth-order valence-electron chi connectivity index (χ4n) is 4.92. The van der Waals surface area contributed by atoms with Crippen molar-refractivity contribution in [3.05, 3.63) is 54.3 Å². The standard InChI is InChI=1S/C26H33N7O2/c1-20-6-8-21(9-7-20)25-29-24(35-30-25)5-3-12-31-14-16-32(17-15-31)26(34)22-4-2-13-33(19-22)23-18-27-10-11-28-23/h6-11,18,22H,2-5,12-17,19H2,1H3. The maximum absolute atomic E-state index is 13.2. The second kappa shape index (κ2) is 10.9. The van der Waals surface area contributed by atoms with Gasteiger partial charge < -0.3 is 14.3 Å². The Kier molecular flexibility index (Phi) is 7.32. The van der Waals surface area contributed by atoms with Crippen LogP contribution in [0.15, 0.2) is 47.4 Å². The molecule has 1 unspecified atom stereocenters. The smallest absolute Gasteiger partial charge is 0.227 e. The summed E-state index contributed by atoms with van der Waals surface area (Å²) in [5.74, 6) is 2.51. The van der Waals surface area contributed by atoms with Gasteiger partial charge in [-0.2, -0.15) is 4.98 Å². The summed E-state index contributed by atoms with van der Waals surface area (Å²) in [6.07, 6.45) is 8.85. The summed E-state index contributed by atoms with van der Waals surface area (Å²) in [6.45, 7) is 8.09. The molecular weight excluding hydrogens is 442 g/mol. The van der Waals surface area contributed by atoms with Gasteiger partial charge in [-0.1, -0.05) is 35.0 Å². The van der Waals surface area contributed by atoms with E-state index in [9.17, 15) is 4.79 Å². The van der Waals surface area contributed by atoms with Crippen LogP contribution in [0.3, 0.4) is 0 Å². The molecule has 1 aromatic carbocycles. The predicted octanol–water partition coefficient (Wildman–Crippen LogP) is 2.83. The topological polar surface area (TPSA) is 91.5 Å². The van der Waals surface area contributed by atoms with Gasteiger partial charge in [-0.15, -0.1) is 0 Å². The lowest BCUT2D eigenvalue weighted by molar-refractivity contribution is -0.137. The van der Waals surface area contributed by atoms with E-state index in [4.69, 9.17) is 4.52 Å². The van der Waals surface area contributed by atoms with Crippen molar-refractivity contribution in [1.29, 1.82) is 0 Å². The van der Waals surface area contributed by atoms with E-state index < -0.39 is 0 Å². The van der Waals surface area contributed by atoms with Crippen LogP contribution in [0.25, 0.3) is 11.4 Å². The number of hydrogen-bond acceptors (Lipinski definition) is 8. The minimum atomic E-state index is 0.0394. The first-order chi connectivity index (χ1) is 17.2. The highest BCUT2D eigenvalue weighted by molar-refractivity contribution is 5.80. The van der Waals surface area contributed by atoms with E-state index in [0.29, 0.717) is 11.7 Å². The molecule has 0 bridgehead atoms. The quantitative estimate of drug-likeness (QED) is 0.515. The van der Waals surface area contributed by atoms with E-state index in [0.717, 1.165) is 82.9 Å². The normalized spacial score (nSPS) is 19.2. The molecule has 5 rings (SSSR count). The number of carbonyl (C=O) groups excluding carboxylic acids is 1. The number of amides is 1. The van der Waals surface area contributed by atoms with Crippen LogP contribution in [0.2, 0.25) is 0 Å². The second-order valence-corrected chi connectivity index (χ2v) is 9.50. The number of piperidine rings is 1. The van der Waals surface area contributed by atoms with Crippen LogP contribution in [0.1, 0.15) is 30.7 Å². The molecule has 0 spiro atoms. The highest BCUT2D eigenvalue weighted by Crippen LogP contribution is 2.23. The van der Waals surface area contributed by atoms with Crippen molar-refractivity contribution < 1.29 is 9.32 Å². The molecule has 1 amide bonds. The SMILES string of the molecule is Cc1ccc(-c2noc(CCCN3CCN(C(=O)C4CCCN(c5cnccn5)C4)CC3)n2)cc1. The number of nitrogens with zero attached hydrogens (tertiary/aromatic N) is 7. The molecule has 0 radical (unpaired) electrons. The largest absolute Gasteiger partial charge is 0.355 e. The maximum atomic E-state index is 13.2. The summed E-state index contributed by atoms with van der Waals surface area (Å²) in [5, 5.41) is 4.13. The first kappa shape index (κ1) is 23.4. The van der Waals surface area contributed by atoms with E-state index in [-0.39, 0.29) is 11.8 Å². The second-order valence-electron chi connectivity index (χ2n) is 9.50.